The first-order valence-electron chi connectivity index (χ1n) is 9.05. The highest BCUT2D eigenvalue weighted by Gasteiger charge is 2.33. The molecule has 2 heterocycles. The fourth-order valence-corrected chi connectivity index (χ4v) is 5.74. The van der Waals surface area contributed by atoms with Gasteiger partial charge in [-0.3, -0.25) is 9.59 Å². The van der Waals surface area contributed by atoms with Crippen molar-refractivity contribution >= 4 is 73.3 Å². The summed E-state index contributed by atoms with van der Waals surface area (Å²) in [7, 11) is -1.92. The summed E-state index contributed by atoms with van der Waals surface area (Å²) >= 11 is 13.0. The highest BCUT2D eigenvalue weighted by Crippen LogP contribution is 2.42. The third-order valence-corrected chi connectivity index (χ3v) is 7.70. The fourth-order valence-electron chi connectivity index (χ4n) is 3.15. The zero-order valence-corrected chi connectivity index (χ0v) is 19.3. The Hall–Kier alpha value is -2.27. The maximum absolute atomic E-state index is 12.8. The first-order valence-corrected chi connectivity index (χ1v) is 12.2. The lowest BCUT2D eigenvalue weighted by molar-refractivity contribution is -0.116. The number of thioether (sulfide) groups is 1. The van der Waals surface area contributed by atoms with Gasteiger partial charge in [0, 0.05) is 29.7 Å². The van der Waals surface area contributed by atoms with E-state index in [2.05, 4.69) is 9.71 Å². The molecule has 2 amide bonds. The van der Waals surface area contributed by atoms with Crippen LogP contribution in [-0.2, 0) is 14.8 Å². The molecule has 0 aliphatic carbocycles. The number of halogens is 2. The van der Waals surface area contributed by atoms with Crippen molar-refractivity contribution in [1.29, 1.82) is 0 Å². The normalized spacial score (nSPS) is 16.2. The van der Waals surface area contributed by atoms with E-state index in [4.69, 9.17) is 23.2 Å². The molecule has 31 heavy (non-hydrogen) atoms. The SMILES string of the molecule is CN(CC(=O)Nc1ccc(Cl)c(Cl)c1)C(=O)c1ccc2c(c1)SC1=NS(=O)(=O)CCN12. The van der Waals surface area contributed by atoms with Gasteiger partial charge in [-0.05, 0) is 48.2 Å². The molecular weight excluding hydrogens is 483 g/mol. The Balaban J connectivity index is 1.44. The third kappa shape index (κ3) is 4.67. The van der Waals surface area contributed by atoms with Gasteiger partial charge in [-0.2, -0.15) is 0 Å². The van der Waals surface area contributed by atoms with Gasteiger partial charge >= 0.3 is 0 Å². The van der Waals surface area contributed by atoms with Crippen LogP contribution in [0.25, 0.3) is 0 Å². The average molecular weight is 499 g/mol. The molecule has 0 saturated heterocycles. The maximum Gasteiger partial charge on any atom is 0.257 e. The molecule has 2 aliphatic heterocycles. The summed E-state index contributed by atoms with van der Waals surface area (Å²) in [6, 6.07) is 9.81. The predicted octanol–water partition coefficient (Wildman–Crippen LogP) is 3.32. The smallest absolute Gasteiger partial charge is 0.257 e. The third-order valence-electron chi connectivity index (χ3n) is 4.65. The molecule has 1 N–H and O–H groups in total. The van der Waals surface area contributed by atoms with Crippen LogP contribution in [0, 0.1) is 0 Å². The van der Waals surface area contributed by atoms with E-state index in [1.54, 1.807) is 30.3 Å². The van der Waals surface area contributed by atoms with Gasteiger partial charge < -0.3 is 15.1 Å². The molecule has 4 rings (SSSR count). The number of carbonyl (C=O) groups is 2. The van der Waals surface area contributed by atoms with Crippen LogP contribution in [0.5, 0.6) is 0 Å². The lowest BCUT2D eigenvalue weighted by Crippen LogP contribution is -2.35. The van der Waals surface area contributed by atoms with E-state index in [-0.39, 0.29) is 24.1 Å². The van der Waals surface area contributed by atoms with Crippen molar-refractivity contribution in [3.05, 3.63) is 52.0 Å². The van der Waals surface area contributed by atoms with Gasteiger partial charge in [-0.25, -0.2) is 8.42 Å². The molecule has 2 aliphatic rings. The van der Waals surface area contributed by atoms with Crippen LogP contribution in [-0.4, -0.2) is 56.2 Å². The number of amides is 2. The first-order chi connectivity index (χ1) is 14.6. The molecule has 0 bridgehead atoms. The quantitative estimate of drug-likeness (QED) is 0.693. The highest BCUT2D eigenvalue weighted by molar-refractivity contribution is 8.15. The van der Waals surface area contributed by atoms with Crippen molar-refractivity contribution < 1.29 is 18.0 Å². The number of nitrogens with zero attached hydrogens (tertiary/aromatic N) is 3. The van der Waals surface area contributed by atoms with Gasteiger partial charge in [0.1, 0.15) is 0 Å². The van der Waals surface area contributed by atoms with Crippen LogP contribution in [0.1, 0.15) is 10.4 Å². The Kier molecular flexibility index (Phi) is 5.91. The number of anilines is 2. The number of fused-ring (bicyclic) bond motifs is 3. The number of rotatable bonds is 4. The Labute approximate surface area is 193 Å². The summed E-state index contributed by atoms with van der Waals surface area (Å²) in [4.78, 5) is 29.0. The fraction of sp³-hybridized carbons (Fsp3) is 0.211. The van der Waals surface area contributed by atoms with E-state index < -0.39 is 10.0 Å². The molecule has 0 unspecified atom stereocenters. The number of amidine groups is 1. The Bertz CT molecular complexity index is 1230. The molecule has 0 spiro atoms. The summed E-state index contributed by atoms with van der Waals surface area (Å²) in [5, 5.41) is 3.75. The minimum absolute atomic E-state index is 0.0478. The zero-order valence-electron chi connectivity index (χ0n) is 16.1. The van der Waals surface area contributed by atoms with E-state index in [0.29, 0.717) is 33.0 Å². The minimum atomic E-state index is -3.45. The van der Waals surface area contributed by atoms with E-state index in [9.17, 15) is 18.0 Å². The van der Waals surface area contributed by atoms with Crippen molar-refractivity contribution in [2.45, 2.75) is 4.90 Å². The lowest BCUT2D eigenvalue weighted by atomic mass is 10.1. The van der Waals surface area contributed by atoms with E-state index in [1.165, 1.54) is 29.8 Å². The number of carbonyl (C=O) groups excluding carboxylic acids is 2. The Morgan fingerprint density at radius 2 is 1.97 bits per heavy atom. The number of hydrogen-bond acceptors (Lipinski definition) is 6. The number of benzene rings is 2. The van der Waals surface area contributed by atoms with Gasteiger partial charge in [0.25, 0.3) is 15.9 Å². The van der Waals surface area contributed by atoms with Gasteiger partial charge in [0.2, 0.25) is 5.91 Å². The highest BCUT2D eigenvalue weighted by atomic mass is 35.5. The number of hydrogen-bond donors (Lipinski definition) is 1. The number of likely N-dealkylation sites (N-methyl/N-ethyl adjacent to an activating group) is 1. The second-order valence-corrected chi connectivity index (χ2v) is 10.5. The Morgan fingerprint density at radius 3 is 2.71 bits per heavy atom. The van der Waals surface area contributed by atoms with Crippen LogP contribution in [0.15, 0.2) is 45.7 Å². The molecule has 0 atom stereocenters. The predicted molar refractivity (Wildman–Crippen MR) is 123 cm³/mol. The number of sulfonamides is 1. The molecule has 2 aromatic rings. The molecule has 0 radical (unpaired) electrons. The number of nitrogens with one attached hydrogen (secondary N) is 1. The molecule has 12 heteroatoms. The van der Waals surface area contributed by atoms with E-state index in [0.717, 1.165) is 10.6 Å². The van der Waals surface area contributed by atoms with Crippen LogP contribution < -0.4 is 10.2 Å². The van der Waals surface area contributed by atoms with Crippen molar-refractivity contribution in [2.24, 2.45) is 4.40 Å². The molecule has 0 saturated carbocycles. The summed E-state index contributed by atoms with van der Waals surface area (Å²) in [5.41, 5.74) is 1.68. The van der Waals surface area contributed by atoms with Crippen molar-refractivity contribution in [3.63, 3.8) is 0 Å². The second kappa shape index (κ2) is 8.34. The molecule has 162 valence electrons. The van der Waals surface area contributed by atoms with E-state index >= 15 is 0 Å². The first kappa shape index (κ1) is 21.9. The summed E-state index contributed by atoms with van der Waals surface area (Å²) in [6.07, 6.45) is 0. The van der Waals surface area contributed by atoms with Gasteiger partial charge in [0.15, 0.2) is 5.17 Å². The van der Waals surface area contributed by atoms with Crippen LogP contribution >= 0.6 is 35.0 Å². The lowest BCUT2D eigenvalue weighted by Gasteiger charge is -2.22. The molecule has 2 aromatic carbocycles. The topological polar surface area (TPSA) is 99.1 Å². The zero-order chi connectivity index (χ0) is 22.3. The van der Waals surface area contributed by atoms with Crippen LogP contribution in [0.4, 0.5) is 11.4 Å². The summed E-state index contributed by atoms with van der Waals surface area (Å²) in [5.74, 6) is -0.776. The van der Waals surface area contributed by atoms with Gasteiger partial charge in [-0.1, -0.05) is 23.2 Å². The van der Waals surface area contributed by atoms with Crippen molar-refractivity contribution in [1.82, 2.24) is 4.90 Å². The molecular formula is C19H16Cl2N4O4S2. The molecule has 0 fully saturated rings. The van der Waals surface area contributed by atoms with Crippen LogP contribution in [0.2, 0.25) is 10.0 Å². The van der Waals surface area contributed by atoms with Crippen LogP contribution in [0.3, 0.4) is 0 Å². The Morgan fingerprint density at radius 1 is 1.19 bits per heavy atom. The van der Waals surface area contributed by atoms with E-state index in [1.807, 2.05) is 4.90 Å². The van der Waals surface area contributed by atoms with Gasteiger partial charge in [-0.15, -0.1) is 4.40 Å². The molecule has 0 aromatic heterocycles. The standard InChI is InChI=1S/C19H16Cl2N4O4S2/c1-24(10-17(26)22-12-3-4-13(20)14(21)9-12)18(27)11-2-5-15-16(8-11)30-19-23-31(28,29)7-6-25(15)19/h2-5,8-9H,6-7,10H2,1H3,(H,22,26). The molecule has 8 nitrogen and oxygen atoms in total. The summed E-state index contributed by atoms with van der Waals surface area (Å²) in [6.45, 7) is 0.156. The average Bonchev–Trinajstić information content (AvgIpc) is 3.05. The van der Waals surface area contributed by atoms with Crippen molar-refractivity contribution in [2.75, 3.05) is 36.1 Å². The maximum atomic E-state index is 12.8. The minimum Gasteiger partial charge on any atom is -0.332 e. The second-order valence-electron chi connectivity index (χ2n) is 6.93. The van der Waals surface area contributed by atoms with Crippen molar-refractivity contribution in [3.8, 4) is 0 Å². The summed E-state index contributed by atoms with van der Waals surface area (Å²) < 4.78 is 27.3. The monoisotopic (exact) mass is 498 g/mol. The largest absolute Gasteiger partial charge is 0.332 e. The van der Waals surface area contributed by atoms with Gasteiger partial charge in [0.05, 0.1) is 28.0 Å².